The van der Waals surface area contributed by atoms with Crippen LogP contribution in [0.4, 0.5) is 0 Å². The number of amides is 1. The quantitative estimate of drug-likeness (QED) is 0.629. The van der Waals surface area contributed by atoms with Gasteiger partial charge in [0.1, 0.15) is 12.2 Å². The Bertz CT molecular complexity index is 242. The van der Waals surface area contributed by atoms with Gasteiger partial charge in [0.15, 0.2) is 0 Å². The molecule has 1 heterocycles. The Morgan fingerprint density at radius 2 is 2.60 bits per heavy atom. The van der Waals surface area contributed by atoms with Crippen LogP contribution in [-0.4, -0.2) is 10.9 Å². The molecule has 0 fully saturated rings. The van der Waals surface area contributed by atoms with E-state index in [1.165, 1.54) is 0 Å². The third kappa shape index (κ3) is 1.58. The third-order valence-corrected chi connectivity index (χ3v) is 0.995. The van der Waals surface area contributed by atoms with Crippen molar-refractivity contribution in [3.05, 3.63) is 17.8 Å². The average Bonchev–Trinajstić information content (AvgIpc) is 2.13. The van der Waals surface area contributed by atoms with E-state index in [2.05, 4.69) is 4.98 Å². The van der Waals surface area contributed by atoms with Crippen molar-refractivity contribution in [2.45, 2.75) is 13.3 Å². The van der Waals surface area contributed by atoms with Gasteiger partial charge in [0, 0.05) is 0 Å². The van der Waals surface area contributed by atoms with Crippen LogP contribution >= 0.6 is 0 Å². The van der Waals surface area contributed by atoms with E-state index in [1.54, 1.807) is 13.1 Å². The molecule has 0 bridgehead atoms. The number of nitrogens with two attached hydrogens (primary N) is 1. The predicted molar refractivity (Wildman–Crippen MR) is 34.1 cm³/mol. The van der Waals surface area contributed by atoms with Gasteiger partial charge in [0.05, 0.1) is 6.20 Å². The Labute approximate surface area is 58.0 Å². The standard InChI is InChI=1S/C6H8N2O2/c1-4-3-8-6(10-4)2-5(7)9/h3H,2H2,1H3,(H2,7,9). The van der Waals surface area contributed by atoms with Crippen LogP contribution in [0.1, 0.15) is 11.7 Å². The zero-order valence-electron chi connectivity index (χ0n) is 5.63. The van der Waals surface area contributed by atoms with Crippen molar-refractivity contribution in [1.82, 2.24) is 4.98 Å². The molecule has 0 atom stereocenters. The number of nitrogens with zero attached hydrogens (tertiary/aromatic N) is 1. The summed E-state index contributed by atoms with van der Waals surface area (Å²) < 4.78 is 4.98. The largest absolute Gasteiger partial charge is 0.445 e. The van der Waals surface area contributed by atoms with Crippen LogP contribution in [0.3, 0.4) is 0 Å². The minimum atomic E-state index is -0.429. The first-order valence-corrected chi connectivity index (χ1v) is 2.88. The van der Waals surface area contributed by atoms with Crippen LogP contribution in [0, 0.1) is 6.92 Å². The number of oxazole rings is 1. The van der Waals surface area contributed by atoms with Crippen molar-refractivity contribution in [3.63, 3.8) is 0 Å². The van der Waals surface area contributed by atoms with Crippen molar-refractivity contribution >= 4 is 5.91 Å². The SMILES string of the molecule is Cc1cnc(CC(N)=O)o1. The molecule has 0 saturated heterocycles. The normalized spacial score (nSPS) is 9.70. The molecule has 0 unspecified atom stereocenters. The molecule has 0 aliphatic heterocycles. The van der Waals surface area contributed by atoms with E-state index in [1.807, 2.05) is 0 Å². The van der Waals surface area contributed by atoms with Crippen LogP contribution in [-0.2, 0) is 11.2 Å². The number of aromatic nitrogens is 1. The molecular weight excluding hydrogens is 132 g/mol. The Balaban J connectivity index is 2.67. The number of carbonyl (C=O) groups is 1. The molecule has 1 amide bonds. The highest BCUT2D eigenvalue weighted by molar-refractivity contribution is 5.75. The maximum Gasteiger partial charge on any atom is 0.226 e. The smallest absolute Gasteiger partial charge is 0.226 e. The predicted octanol–water partition coefficient (Wildman–Crippen LogP) is 0.0108. The summed E-state index contributed by atoms with van der Waals surface area (Å²) in [7, 11) is 0. The number of carbonyl (C=O) groups excluding carboxylic acids is 1. The van der Waals surface area contributed by atoms with E-state index in [0.717, 1.165) is 0 Å². The molecule has 0 saturated carbocycles. The van der Waals surface area contributed by atoms with Crippen molar-refractivity contribution in [2.75, 3.05) is 0 Å². The minimum absolute atomic E-state index is 0.0772. The van der Waals surface area contributed by atoms with Gasteiger partial charge >= 0.3 is 0 Å². The summed E-state index contributed by atoms with van der Waals surface area (Å²) in [6.07, 6.45) is 1.63. The Kier molecular flexibility index (Phi) is 1.71. The topological polar surface area (TPSA) is 69.1 Å². The van der Waals surface area contributed by atoms with Gasteiger partial charge in [0.2, 0.25) is 11.8 Å². The molecule has 0 aliphatic carbocycles. The van der Waals surface area contributed by atoms with E-state index >= 15 is 0 Å². The highest BCUT2D eigenvalue weighted by Crippen LogP contribution is 2.00. The van der Waals surface area contributed by atoms with Gasteiger partial charge in [-0.2, -0.15) is 0 Å². The van der Waals surface area contributed by atoms with E-state index < -0.39 is 5.91 Å². The van der Waals surface area contributed by atoms with Gasteiger partial charge in [-0.05, 0) is 6.92 Å². The van der Waals surface area contributed by atoms with Crippen LogP contribution in [0.15, 0.2) is 10.6 Å². The summed E-state index contributed by atoms with van der Waals surface area (Å²) in [5.41, 5.74) is 4.89. The first-order valence-electron chi connectivity index (χ1n) is 2.88. The number of primary amides is 1. The number of hydrogen-bond acceptors (Lipinski definition) is 3. The van der Waals surface area contributed by atoms with Gasteiger partial charge in [-0.1, -0.05) is 0 Å². The molecule has 4 nitrogen and oxygen atoms in total. The van der Waals surface area contributed by atoms with E-state index in [4.69, 9.17) is 10.2 Å². The highest BCUT2D eigenvalue weighted by atomic mass is 16.4. The van der Waals surface area contributed by atoms with Crippen LogP contribution in [0.25, 0.3) is 0 Å². The van der Waals surface area contributed by atoms with Gasteiger partial charge < -0.3 is 10.2 Å². The summed E-state index contributed by atoms with van der Waals surface area (Å²) in [5.74, 6) is 0.642. The first kappa shape index (κ1) is 6.80. The Hall–Kier alpha value is -1.32. The van der Waals surface area contributed by atoms with Crippen molar-refractivity contribution in [3.8, 4) is 0 Å². The lowest BCUT2D eigenvalue weighted by atomic mass is 10.4. The average molecular weight is 140 g/mol. The van der Waals surface area contributed by atoms with E-state index in [9.17, 15) is 4.79 Å². The molecule has 2 N–H and O–H groups in total. The fourth-order valence-electron chi connectivity index (χ4n) is 0.632. The molecule has 10 heavy (non-hydrogen) atoms. The zero-order chi connectivity index (χ0) is 7.56. The second-order valence-corrected chi connectivity index (χ2v) is 2.01. The molecule has 1 aromatic rings. The second kappa shape index (κ2) is 2.51. The molecule has 54 valence electrons. The molecule has 0 aliphatic rings. The van der Waals surface area contributed by atoms with Gasteiger partial charge in [0.25, 0.3) is 0 Å². The zero-order valence-corrected chi connectivity index (χ0v) is 5.63. The highest BCUT2D eigenvalue weighted by Gasteiger charge is 2.02. The van der Waals surface area contributed by atoms with Crippen LogP contribution in [0.5, 0.6) is 0 Å². The molecule has 1 aromatic heterocycles. The number of hydrogen-bond donors (Lipinski definition) is 1. The Morgan fingerprint density at radius 1 is 1.90 bits per heavy atom. The molecular formula is C6H8N2O2. The first-order chi connectivity index (χ1) is 4.68. The lowest BCUT2D eigenvalue weighted by Crippen LogP contribution is -2.13. The van der Waals surface area contributed by atoms with Crippen molar-refractivity contribution in [1.29, 1.82) is 0 Å². The van der Waals surface area contributed by atoms with Crippen molar-refractivity contribution in [2.24, 2.45) is 5.73 Å². The second-order valence-electron chi connectivity index (χ2n) is 2.01. The number of aryl methyl sites for hydroxylation is 1. The lowest BCUT2D eigenvalue weighted by molar-refractivity contribution is -0.117. The van der Waals surface area contributed by atoms with E-state index in [-0.39, 0.29) is 6.42 Å². The summed E-state index contributed by atoms with van der Waals surface area (Å²) in [4.78, 5) is 14.1. The third-order valence-electron chi connectivity index (χ3n) is 0.995. The fraction of sp³-hybridized carbons (Fsp3) is 0.333. The van der Waals surface area contributed by atoms with Gasteiger partial charge in [-0.25, -0.2) is 4.98 Å². The Morgan fingerprint density at radius 3 is 3.00 bits per heavy atom. The molecule has 4 heteroatoms. The monoisotopic (exact) mass is 140 g/mol. The van der Waals surface area contributed by atoms with Gasteiger partial charge in [-0.15, -0.1) is 0 Å². The number of rotatable bonds is 2. The van der Waals surface area contributed by atoms with E-state index in [0.29, 0.717) is 11.7 Å². The van der Waals surface area contributed by atoms with Gasteiger partial charge in [-0.3, -0.25) is 4.79 Å². The molecule has 0 spiro atoms. The summed E-state index contributed by atoms with van der Waals surface area (Å²) in [6, 6.07) is 0. The van der Waals surface area contributed by atoms with Crippen molar-refractivity contribution < 1.29 is 9.21 Å². The molecule has 1 rings (SSSR count). The van der Waals surface area contributed by atoms with Crippen LogP contribution < -0.4 is 5.73 Å². The van der Waals surface area contributed by atoms with Crippen LogP contribution in [0.2, 0.25) is 0 Å². The maximum atomic E-state index is 10.3. The summed E-state index contributed by atoms with van der Waals surface area (Å²) in [6.45, 7) is 1.76. The lowest BCUT2D eigenvalue weighted by Gasteiger charge is -1.86. The molecule has 0 aromatic carbocycles. The minimum Gasteiger partial charge on any atom is -0.445 e. The maximum absolute atomic E-state index is 10.3. The fourth-order valence-corrected chi connectivity index (χ4v) is 0.632. The summed E-state index contributed by atoms with van der Waals surface area (Å²) in [5, 5.41) is 0. The summed E-state index contributed by atoms with van der Waals surface area (Å²) >= 11 is 0. The molecule has 0 radical (unpaired) electrons.